The first-order chi connectivity index (χ1) is 9.78. The lowest BCUT2D eigenvalue weighted by molar-refractivity contribution is 0.171. The van der Waals surface area contributed by atoms with Crippen molar-refractivity contribution >= 4 is 0 Å². The highest BCUT2D eigenvalue weighted by Gasteiger charge is 2.18. The number of aromatic nitrogens is 2. The first-order valence-corrected chi connectivity index (χ1v) is 6.63. The molecule has 3 rings (SSSR count). The Morgan fingerprint density at radius 1 is 1.10 bits per heavy atom. The van der Waals surface area contributed by atoms with Crippen LogP contribution in [0.2, 0.25) is 0 Å². The molecule has 1 atom stereocenters. The summed E-state index contributed by atoms with van der Waals surface area (Å²) >= 11 is 0. The van der Waals surface area contributed by atoms with E-state index >= 15 is 0 Å². The van der Waals surface area contributed by atoms with Crippen LogP contribution in [-0.2, 0) is 0 Å². The smallest absolute Gasteiger partial charge is 0.161 e. The minimum absolute atomic E-state index is 0.0149. The lowest BCUT2D eigenvalue weighted by Gasteiger charge is -2.21. The largest absolute Gasteiger partial charge is 0.486 e. The van der Waals surface area contributed by atoms with Crippen molar-refractivity contribution in [2.75, 3.05) is 20.3 Å². The molecule has 5 heteroatoms. The van der Waals surface area contributed by atoms with E-state index in [1.54, 1.807) is 12.4 Å². The van der Waals surface area contributed by atoms with E-state index in [2.05, 4.69) is 15.3 Å². The van der Waals surface area contributed by atoms with Crippen molar-refractivity contribution in [3.63, 3.8) is 0 Å². The molecule has 1 aliphatic heterocycles. The lowest BCUT2D eigenvalue weighted by atomic mass is 10.0. The summed E-state index contributed by atoms with van der Waals surface area (Å²) in [6.45, 7) is 3.12. The Labute approximate surface area is 118 Å². The molecule has 1 unspecified atom stereocenters. The number of nitrogens with one attached hydrogen (secondary N) is 1. The van der Waals surface area contributed by atoms with Crippen LogP contribution in [-0.4, -0.2) is 30.2 Å². The topological polar surface area (TPSA) is 56.3 Å². The molecule has 1 aromatic heterocycles. The standard InChI is InChI=1S/C15H17N3O2/c1-10-8-18-12(9-17-10)15(16-2)11-3-4-13-14(7-11)20-6-5-19-13/h3-4,7-9,15-16H,5-6H2,1-2H3. The van der Waals surface area contributed by atoms with E-state index in [1.807, 2.05) is 32.2 Å². The molecule has 0 aliphatic carbocycles. The molecule has 0 saturated carbocycles. The monoisotopic (exact) mass is 271 g/mol. The fourth-order valence-electron chi connectivity index (χ4n) is 2.28. The van der Waals surface area contributed by atoms with Crippen LogP contribution >= 0.6 is 0 Å². The van der Waals surface area contributed by atoms with Gasteiger partial charge >= 0.3 is 0 Å². The van der Waals surface area contributed by atoms with Crippen molar-refractivity contribution in [2.45, 2.75) is 13.0 Å². The molecule has 0 fully saturated rings. The fourth-order valence-corrected chi connectivity index (χ4v) is 2.28. The Kier molecular flexibility index (Phi) is 3.52. The Balaban J connectivity index is 1.94. The second-order valence-electron chi connectivity index (χ2n) is 4.71. The van der Waals surface area contributed by atoms with E-state index in [-0.39, 0.29) is 6.04 Å². The van der Waals surface area contributed by atoms with Gasteiger partial charge in [-0.3, -0.25) is 9.97 Å². The number of ether oxygens (including phenoxy) is 2. The molecule has 0 bridgehead atoms. The predicted molar refractivity (Wildman–Crippen MR) is 75.1 cm³/mol. The van der Waals surface area contributed by atoms with Crippen LogP contribution in [0.4, 0.5) is 0 Å². The Morgan fingerprint density at radius 3 is 2.60 bits per heavy atom. The van der Waals surface area contributed by atoms with Gasteiger partial charge in [-0.05, 0) is 31.7 Å². The maximum Gasteiger partial charge on any atom is 0.161 e. The summed E-state index contributed by atoms with van der Waals surface area (Å²) in [5.74, 6) is 1.58. The molecular formula is C15H17N3O2. The Bertz CT molecular complexity index is 599. The third-order valence-electron chi connectivity index (χ3n) is 3.28. The van der Waals surface area contributed by atoms with E-state index in [0.29, 0.717) is 13.2 Å². The van der Waals surface area contributed by atoms with Crippen LogP contribution in [0.5, 0.6) is 11.5 Å². The number of fused-ring (bicyclic) bond motifs is 1. The quantitative estimate of drug-likeness (QED) is 0.923. The zero-order valence-electron chi connectivity index (χ0n) is 11.6. The molecule has 0 amide bonds. The van der Waals surface area contributed by atoms with Crippen molar-refractivity contribution in [1.82, 2.24) is 15.3 Å². The average molecular weight is 271 g/mol. The molecular weight excluding hydrogens is 254 g/mol. The van der Waals surface area contributed by atoms with Gasteiger partial charge in [-0.2, -0.15) is 0 Å². The molecule has 0 saturated heterocycles. The van der Waals surface area contributed by atoms with Gasteiger partial charge in [0.25, 0.3) is 0 Å². The highest BCUT2D eigenvalue weighted by atomic mass is 16.6. The van der Waals surface area contributed by atoms with Crippen LogP contribution in [0.1, 0.15) is 23.0 Å². The van der Waals surface area contributed by atoms with Crippen molar-refractivity contribution in [3.8, 4) is 11.5 Å². The molecule has 0 radical (unpaired) electrons. The van der Waals surface area contributed by atoms with E-state index in [9.17, 15) is 0 Å². The number of benzene rings is 1. The summed E-state index contributed by atoms with van der Waals surface area (Å²) in [4.78, 5) is 8.74. The summed E-state index contributed by atoms with van der Waals surface area (Å²) in [6, 6.07) is 5.95. The maximum absolute atomic E-state index is 5.62. The first kappa shape index (κ1) is 12.9. The molecule has 2 aromatic rings. The lowest BCUT2D eigenvalue weighted by Crippen LogP contribution is -2.20. The highest BCUT2D eigenvalue weighted by Crippen LogP contribution is 2.33. The summed E-state index contributed by atoms with van der Waals surface area (Å²) in [5, 5.41) is 3.26. The van der Waals surface area contributed by atoms with Crippen molar-refractivity contribution < 1.29 is 9.47 Å². The van der Waals surface area contributed by atoms with Gasteiger partial charge in [0.15, 0.2) is 11.5 Å². The van der Waals surface area contributed by atoms with Gasteiger partial charge in [0.05, 0.1) is 23.6 Å². The second kappa shape index (κ2) is 5.46. The van der Waals surface area contributed by atoms with Gasteiger partial charge in [0.2, 0.25) is 0 Å². The summed E-state index contributed by atoms with van der Waals surface area (Å²) in [7, 11) is 1.91. The van der Waals surface area contributed by atoms with E-state index in [4.69, 9.17) is 9.47 Å². The number of hydrogen-bond acceptors (Lipinski definition) is 5. The molecule has 1 aliphatic rings. The zero-order valence-corrected chi connectivity index (χ0v) is 11.6. The van der Waals surface area contributed by atoms with Crippen LogP contribution in [0.25, 0.3) is 0 Å². The van der Waals surface area contributed by atoms with Gasteiger partial charge in [0, 0.05) is 6.20 Å². The van der Waals surface area contributed by atoms with Crippen LogP contribution < -0.4 is 14.8 Å². The first-order valence-electron chi connectivity index (χ1n) is 6.63. The van der Waals surface area contributed by atoms with Crippen LogP contribution in [0.3, 0.4) is 0 Å². The summed E-state index contributed by atoms with van der Waals surface area (Å²) in [6.07, 6.45) is 3.57. The molecule has 1 aromatic carbocycles. The van der Waals surface area contributed by atoms with Gasteiger partial charge in [-0.1, -0.05) is 6.07 Å². The fraction of sp³-hybridized carbons (Fsp3) is 0.333. The van der Waals surface area contributed by atoms with Crippen LogP contribution in [0, 0.1) is 6.92 Å². The van der Waals surface area contributed by atoms with Gasteiger partial charge < -0.3 is 14.8 Å². The molecule has 20 heavy (non-hydrogen) atoms. The molecule has 104 valence electrons. The Hall–Kier alpha value is -2.14. The van der Waals surface area contributed by atoms with Crippen molar-refractivity contribution in [3.05, 3.63) is 47.5 Å². The SMILES string of the molecule is CNC(c1ccc2c(c1)OCCO2)c1cnc(C)cn1. The van der Waals surface area contributed by atoms with Crippen LogP contribution in [0.15, 0.2) is 30.6 Å². The van der Waals surface area contributed by atoms with Gasteiger partial charge in [0.1, 0.15) is 13.2 Å². The zero-order chi connectivity index (χ0) is 13.9. The van der Waals surface area contributed by atoms with E-state index < -0.39 is 0 Å². The minimum atomic E-state index is -0.0149. The molecule has 5 nitrogen and oxygen atoms in total. The van der Waals surface area contributed by atoms with Gasteiger partial charge in [-0.15, -0.1) is 0 Å². The highest BCUT2D eigenvalue weighted by molar-refractivity contribution is 5.45. The number of rotatable bonds is 3. The van der Waals surface area contributed by atoms with Crippen molar-refractivity contribution in [2.24, 2.45) is 0 Å². The third-order valence-corrected chi connectivity index (χ3v) is 3.28. The Morgan fingerprint density at radius 2 is 1.90 bits per heavy atom. The number of hydrogen-bond donors (Lipinski definition) is 1. The normalized spacial score (nSPS) is 14.9. The van der Waals surface area contributed by atoms with Gasteiger partial charge in [-0.25, -0.2) is 0 Å². The van der Waals surface area contributed by atoms with Crippen molar-refractivity contribution in [1.29, 1.82) is 0 Å². The minimum Gasteiger partial charge on any atom is -0.486 e. The number of nitrogens with zero attached hydrogens (tertiary/aromatic N) is 2. The van der Waals surface area contributed by atoms with E-state index in [1.165, 1.54) is 0 Å². The molecule has 1 N–H and O–H groups in total. The molecule has 2 heterocycles. The summed E-state index contributed by atoms with van der Waals surface area (Å²) in [5.41, 5.74) is 2.87. The second-order valence-corrected chi connectivity index (χ2v) is 4.71. The maximum atomic E-state index is 5.62. The third kappa shape index (κ3) is 2.44. The number of aryl methyl sites for hydroxylation is 1. The summed E-state index contributed by atoms with van der Waals surface area (Å²) < 4.78 is 11.2. The predicted octanol–water partition coefficient (Wildman–Crippen LogP) is 1.87. The molecule has 0 spiro atoms. The average Bonchev–Trinajstić information content (AvgIpc) is 2.50. The van der Waals surface area contributed by atoms with E-state index in [0.717, 1.165) is 28.5 Å².